The molecule has 0 aromatic heterocycles. The molecule has 2 fully saturated rings. The van der Waals surface area contributed by atoms with Crippen molar-refractivity contribution in [2.45, 2.75) is 57.0 Å². The van der Waals surface area contributed by atoms with Gasteiger partial charge in [-0.1, -0.05) is 6.92 Å². The molecule has 2 nitrogen and oxygen atoms in total. The molecular weight excluding hydrogens is 172 g/mol. The highest BCUT2D eigenvalue weighted by atomic mass is 15.2. The molecule has 2 aliphatic rings. The van der Waals surface area contributed by atoms with Crippen LogP contribution in [0, 0.1) is 0 Å². The van der Waals surface area contributed by atoms with Crippen molar-refractivity contribution < 1.29 is 0 Å². The summed E-state index contributed by atoms with van der Waals surface area (Å²) >= 11 is 0. The first kappa shape index (κ1) is 10.4. The van der Waals surface area contributed by atoms with E-state index in [4.69, 9.17) is 0 Å². The fourth-order valence-corrected chi connectivity index (χ4v) is 3.12. The van der Waals surface area contributed by atoms with Crippen LogP contribution in [0.5, 0.6) is 0 Å². The summed E-state index contributed by atoms with van der Waals surface area (Å²) in [6.45, 7) is 5.00. The van der Waals surface area contributed by atoms with Gasteiger partial charge in [-0.3, -0.25) is 4.90 Å². The number of piperidine rings is 1. The van der Waals surface area contributed by atoms with E-state index in [-0.39, 0.29) is 0 Å². The van der Waals surface area contributed by atoms with E-state index in [1.165, 1.54) is 51.6 Å². The van der Waals surface area contributed by atoms with Gasteiger partial charge in [-0.25, -0.2) is 0 Å². The van der Waals surface area contributed by atoms with Crippen LogP contribution in [-0.2, 0) is 0 Å². The van der Waals surface area contributed by atoms with Crippen LogP contribution in [0.25, 0.3) is 0 Å². The Balaban J connectivity index is 1.88. The van der Waals surface area contributed by atoms with Crippen molar-refractivity contribution in [2.24, 2.45) is 0 Å². The predicted molar refractivity (Wildman–Crippen MR) is 60.5 cm³/mol. The smallest absolute Gasteiger partial charge is 0.0207 e. The van der Waals surface area contributed by atoms with Crippen LogP contribution >= 0.6 is 0 Å². The molecule has 0 unspecified atom stereocenters. The molecular formula is C12H24N2. The third-order valence-electron chi connectivity index (χ3n) is 4.52. The standard InChI is InChI=1S/C12H24N2/c1-3-12(7-4-8-12)14-9-5-11(13-2)6-10-14/h11,13H,3-10H2,1-2H3. The Kier molecular flexibility index (Phi) is 3.13. The summed E-state index contributed by atoms with van der Waals surface area (Å²) in [6, 6.07) is 0.778. The number of hydrogen-bond acceptors (Lipinski definition) is 2. The number of likely N-dealkylation sites (tertiary alicyclic amines) is 1. The SMILES string of the molecule is CCC1(N2CCC(NC)CC2)CCC1. The molecule has 2 rings (SSSR count). The Labute approximate surface area is 88.1 Å². The second kappa shape index (κ2) is 4.19. The molecule has 0 amide bonds. The van der Waals surface area contributed by atoms with Crippen LogP contribution in [0.4, 0.5) is 0 Å². The van der Waals surface area contributed by atoms with Gasteiger partial charge in [0.25, 0.3) is 0 Å². The van der Waals surface area contributed by atoms with Crippen LogP contribution in [0.1, 0.15) is 45.4 Å². The molecule has 0 bridgehead atoms. The van der Waals surface area contributed by atoms with Gasteiger partial charge in [-0.15, -0.1) is 0 Å². The quantitative estimate of drug-likeness (QED) is 0.743. The van der Waals surface area contributed by atoms with E-state index in [2.05, 4.69) is 24.2 Å². The van der Waals surface area contributed by atoms with Crippen molar-refractivity contribution in [3.8, 4) is 0 Å². The van der Waals surface area contributed by atoms with Gasteiger partial charge >= 0.3 is 0 Å². The molecule has 1 saturated heterocycles. The Morgan fingerprint density at radius 1 is 1.29 bits per heavy atom. The summed E-state index contributed by atoms with van der Waals surface area (Å²) in [5.74, 6) is 0. The van der Waals surface area contributed by atoms with Crippen molar-refractivity contribution in [2.75, 3.05) is 20.1 Å². The first-order chi connectivity index (χ1) is 6.80. The summed E-state index contributed by atoms with van der Waals surface area (Å²) in [6.07, 6.45) is 8.41. The second-order valence-corrected chi connectivity index (χ2v) is 4.98. The fourth-order valence-electron chi connectivity index (χ4n) is 3.12. The van der Waals surface area contributed by atoms with Crippen LogP contribution in [0.3, 0.4) is 0 Å². The molecule has 14 heavy (non-hydrogen) atoms. The maximum atomic E-state index is 3.40. The second-order valence-electron chi connectivity index (χ2n) is 4.98. The number of nitrogens with one attached hydrogen (secondary N) is 1. The van der Waals surface area contributed by atoms with Crippen molar-refractivity contribution in [1.82, 2.24) is 10.2 Å². The fraction of sp³-hybridized carbons (Fsp3) is 1.00. The van der Waals surface area contributed by atoms with Gasteiger partial charge in [-0.2, -0.15) is 0 Å². The summed E-state index contributed by atoms with van der Waals surface area (Å²) in [5, 5.41) is 3.40. The van der Waals surface area contributed by atoms with Crippen molar-refractivity contribution >= 4 is 0 Å². The van der Waals surface area contributed by atoms with Crippen LogP contribution < -0.4 is 5.32 Å². The first-order valence-corrected chi connectivity index (χ1v) is 6.23. The van der Waals surface area contributed by atoms with E-state index < -0.39 is 0 Å². The maximum absolute atomic E-state index is 3.40. The molecule has 1 aliphatic heterocycles. The lowest BCUT2D eigenvalue weighted by Gasteiger charge is -2.52. The zero-order valence-corrected chi connectivity index (χ0v) is 9.68. The number of rotatable bonds is 3. The molecule has 82 valence electrons. The van der Waals surface area contributed by atoms with E-state index in [1.54, 1.807) is 0 Å². The molecule has 0 spiro atoms. The molecule has 1 saturated carbocycles. The van der Waals surface area contributed by atoms with Crippen molar-refractivity contribution in [1.29, 1.82) is 0 Å². The zero-order valence-electron chi connectivity index (χ0n) is 9.68. The Bertz CT molecular complexity index is 173. The van der Waals surface area contributed by atoms with E-state index in [0.29, 0.717) is 5.54 Å². The predicted octanol–water partition coefficient (Wildman–Crippen LogP) is 2.00. The monoisotopic (exact) mass is 196 g/mol. The average molecular weight is 196 g/mol. The first-order valence-electron chi connectivity index (χ1n) is 6.23. The highest BCUT2D eigenvalue weighted by Crippen LogP contribution is 2.41. The minimum Gasteiger partial charge on any atom is -0.317 e. The summed E-state index contributed by atoms with van der Waals surface area (Å²) in [4.78, 5) is 2.77. The molecule has 0 atom stereocenters. The summed E-state index contributed by atoms with van der Waals surface area (Å²) in [7, 11) is 2.10. The van der Waals surface area contributed by atoms with Gasteiger partial charge in [0.1, 0.15) is 0 Å². The Hall–Kier alpha value is -0.0800. The number of hydrogen-bond donors (Lipinski definition) is 1. The number of nitrogens with zero attached hydrogens (tertiary/aromatic N) is 1. The van der Waals surface area contributed by atoms with E-state index >= 15 is 0 Å². The van der Waals surface area contributed by atoms with Crippen LogP contribution in [0.15, 0.2) is 0 Å². The van der Waals surface area contributed by atoms with E-state index in [9.17, 15) is 0 Å². The molecule has 1 heterocycles. The molecule has 0 radical (unpaired) electrons. The highest BCUT2D eigenvalue weighted by Gasteiger charge is 2.41. The molecule has 1 aliphatic carbocycles. The highest BCUT2D eigenvalue weighted by molar-refractivity contribution is 4.98. The minimum absolute atomic E-state index is 0.624. The maximum Gasteiger partial charge on any atom is 0.0207 e. The zero-order chi connectivity index (χ0) is 10.0. The molecule has 0 aromatic carbocycles. The summed E-state index contributed by atoms with van der Waals surface area (Å²) in [5.41, 5.74) is 0.624. The summed E-state index contributed by atoms with van der Waals surface area (Å²) < 4.78 is 0. The van der Waals surface area contributed by atoms with E-state index in [0.717, 1.165) is 6.04 Å². The topological polar surface area (TPSA) is 15.3 Å². The van der Waals surface area contributed by atoms with Gasteiger partial charge in [0.15, 0.2) is 0 Å². The van der Waals surface area contributed by atoms with Crippen molar-refractivity contribution in [3.05, 3.63) is 0 Å². The molecule has 0 aromatic rings. The average Bonchev–Trinajstić information content (AvgIpc) is 2.18. The molecule has 2 heteroatoms. The molecule has 1 N–H and O–H groups in total. The van der Waals surface area contributed by atoms with Gasteiger partial charge in [0.05, 0.1) is 0 Å². The van der Waals surface area contributed by atoms with Gasteiger partial charge in [0.2, 0.25) is 0 Å². The minimum atomic E-state index is 0.624. The lowest BCUT2D eigenvalue weighted by molar-refractivity contribution is -0.00640. The Morgan fingerprint density at radius 2 is 1.93 bits per heavy atom. The van der Waals surface area contributed by atoms with Gasteiger partial charge in [-0.05, 0) is 45.6 Å². The van der Waals surface area contributed by atoms with E-state index in [1.807, 2.05) is 0 Å². The normalized spacial score (nSPS) is 28.7. The third-order valence-corrected chi connectivity index (χ3v) is 4.52. The van der Waals surface area contributed by atoms with Gasteiger partial charge in [0, 0.05) is 24.7 Å². The lowest BCUT2D eigenvalue weighted by atomic mass is 9.72. The van der Waals surface area contributed by atoms with Crippen LogP contribution in [-0.4, -0.2) is 36.6 Å². The third kappa shape index (κ3) is 1.70. The largest absolute Gasteiger partial charge is 0.317 e. The Morgan fingerprint density at radius 3 is 2.29 bits per heavy atom. The van der Waals surface area contributed by atoms with Crippen LogP contribution in [0.2, 0.25) is 0 Å². The lowest BCUT2D eigenvalue weighted by Crippen LogP contribution is -2.57. The van der Waals surface area contributed by atoms with Crippen molar-refractivity contribution in [3.63, 3.8) is 0 Å². The van der Waals surface area contributed by atoms with Gasteiger partial charge < -0.3 is 5.32 Å².